The van der Waals surface area contributed by atoms with Gasteiger partial charge in [0.25, 0.3) is 0 Å². The summed E-state index contributed by atoms with van der Waals surface area (Å²) < 4.78 is 1.65. The number of β-amino-alcohol motifs (C(OH)–C–C–N with tert-alkyl or cyclic N) is 1. The van der Waals surface area contributed by atoms with Crippen molar-refractivity contribution in [3.63, 3.8) is 0 Å². The fourth-order valence-corrected chi connectivity index (χ4v) is 2.67. The first kappa shape index (κ1) is 12.4. The summed E-state index contributed by atoms with van der Waals surface area (Å²) in [5.41, 5.74) is 0.103. The van der Waals surface area contributed by atoms with Crippen LogP contribution in [0.15, 0.2) is 30.9 Å². The zero-order valence-corrected chi connectivity index (χ0v) is 11.0. The molecule has 3 heterocycles. The SMILES string of the molecule is OC1(Cn2ccnn2)CCN(c2ccncc2Cl)C1. The lowest BCUT2D eigenvalue weighted by molar-refractivity contribution is 0.0409. The van der Waals surface area contributed by atoms with Gasteiger partial charge in [0.1, 0.15) is 5.60 Å². The normalized spacial score (nSPS) is 22.9. The third-order valence-corrected chi connectivity index (χ3v) is 3.64. The molecule has 7 heteroatoms. The number of aliphatic hydroxyl groups is 1. The molecule has 2 aromatic heterocycles. The van der Waals surface area contributed by atoms with Crippen LogP contribution in [0.5, 0.6) is 0 Å². The molecule has 19 heavy (non-hydrogen) atoms. The third kappa shape index (κ3) is 2.54. The second-order valence-electron chi connectivity index (χ2n) is 4.82. The van der Waals surface area contributed by atoms with Crippen LogP contribution in [0.1, 0.15) is 6.42 Å². The summed E-state index contributed by atoms with van der Waals surface area (Å²) in [4.78, 5) is 6.04. The highest BCUT2D eigenvalue weighted by Crippen LogP contribution is 2.31. The molecule has 1 atom stereocenters. The van der Waals surface area contributed by atoms with Crippen molar-refractivity contribution in [2.45, 2.75) is 18.6 Å². The molecule has 6 nitrogen and oxygen atoms in total. The Morgan fingerprint density at radius 2 is 2.32 bits per heavy atom. The molecule has 1 N–H and O–H groups in total. The molecule has 1 unspecified atom stereocenters. The van der Waals surface area contributed by atoms with Crippen molar-refractivity contribution in [1.29, 1.82) is 0 Å². The van der Waals surface area contributed by atoms with Gasteiger partial charge < -0.3 is 10.0 Å². The molecule has 0 saturated carbocycles. The van der Waals surface area contributed by atoms with E-state index in [-0.39, 0.29) is 0 Å². The highest BCUT2D eigenvalue weighted by atomic mass is 35.5. The van der Waals surface area contributed by atoms with Crippen LogP contribution in [0.25, 0.3) is 0 Å². The van der Waals surface area contributed by atoms with Gasteiger partial charge in [0.15, 0.2) is 0 Å². The van der Waals surface area contributed by atoms with E-state index in [9.17, 15) is 5.11 Å². The molecule has 100 valence electrons. The fourth-order valence-electron chi connectivity index (χ4n) is 2.43. The first-order valence-corrected chi connectivity index (χ1v) is 6.45. The number of aromatic nitrogens is 4. The molecule has 0 spiro atoms. The van der Waals surface area contributed by atoms with Crippen LogP contribution in [0.2, 0.25) is 5.02 Å². The fraction of sp³-hybridized carbons (Fsp3) is 0.417. The van der Waals surface area contributed by atoms with E-state index >= 15 is 0 Å². The average molecular weight is 280 g/mol. The number of rotatable bonds is 3. The van der Waals surface area contributed by atoms with Gasteiger partial charge in [0, 0.05) is 31.7 Å². The Morgan fingerprint density at radius 1 is 1.42 bits per heavy atom. The second-order valence-corrected chi connectivity index (χ2v) is 5.23. The Bertz CT molecular complexity index is 561. The van der Waals surface area contributed by atoms with Crippen molar-refractivity contribution in [1.82, 2.24) is 20.0 Å². The lowest BCUT2D eigenvalue weighted by atomic mass is 10.0. The van der Waals surface area contributed by atoms with E-state index in [1.54, 1.807) is 29.5 Å². The van der Waals surface area contributed by atoms with E-state index < -0.39 is 5.60 Å². The standard InChI is InChI=1S/C12H14ClN5O/c13-10-7-14-3-1-11(10)17-5-2-12(19,8-17)9-18-6-4-15-16-18/h1,3-4,6-7,19H,2,5,8-9H2. The number of pyridine rings is 1. The molecule has 1 saturated heterocycles. The molecular formula is C12H14ClN5O. The number of hydrogen-bond acceptors (Lipinski definition) is 5. The molecule has 0 radical (unpaired) electrons. The second kappa shape index (κ2) is 4.79. The van der Waals surface area contributed by atoms with E-state index in [0.717, 1.165) is 12.2 Å². The number of anilines is 1. The maximum atomic E-state index is 10.6. The highest BCUT2D eigenvalue weighted by Gasteiger charge is 2.37. The van der Waals surface area contributed by atoms with Crippen LogP contribution in [-0.4, -0.2) is 43.8 Å². The first-order valence-electron chi connectivity index (χ1n) is 6.07. The Hall–Kier alpha value is -1.66. The van der Waals surface area contributed by atoms with Gasteiger partial charge in [0.05, 0.1) is 23.5 Å². The average Bonchev–Trinajstić information content (AvgIpc) is 3.00. The maximum Gasteiger partial charge on any atom is 0.103 e. The molecule has 0 aromatic carbocycles. The van der Waals surface area contributed by atoms with E-state index in [4.69, 9.17) is 11.6 Å². The Labute approximate surface area is 115 Å². The molecule has 2 aromatic rings. The monoisotopic (exact) mass is 279 g/mol. The first-order chi connectivity index (χ1) is 9.16. The van der Waals surface area contributed by atoms with E-state index in [2.05, 4.69) is 20.2 Å². The lowest BCUT2D eigenvalue weighted by Gasteiger charge is -2.24. The van der Waals surface area contributed by atoms with Gasteiger partial charge in [-0.2, -0.15) is 0 Å². The van der Waals surface area contributed by atoms with Gasteiger partial charge in [-0.1, -0.05) is 16.8 Å². The van der Waals surface area contributed by atoms with Gasteiger partial charge in [-0.25, -0.2) is 4.68 Å². The molecule has 1 fully saturated rings. The number of hydrogen-bond donors (Lipinski definition) is 1. The predicted octanol–water partition coefficient (Wildman–Crippen LogP) is 0.968. The molecule has 0 amide bonds. The summed E-state index contributed by atoms with van der Waals surface area (Å²) in [5, 5.41) is 18.8. The highest BCUT2D eigenvalue weighted by molar-refractivity contribution is 6.33. The van der Waals surface area contributed by atoms with Crippen molar-refractivity contribution in [3.8, 4) is 0 Å². The van der Waals surface area contributed by atoms with Crippen molar-refractivity contribution >= 4 is 17.3 Å². The van der Waals surface area contributed by atoms with Crippen LogP contribution >= 0.6 is 11.6 Å². The van der Waals surface area contributed by atoms with Gasteiger partial charge >= 0.3 is 0 Å². The summed E-state index contributed by atoms with van der Waals surface area (Å²) in [6.45, 7) is 1.72. The zero-order valence-electron chi connectivity index (χ0n) is 10.3. The van der Waals surface area contributed by atoms with Crippen LogP contribution in [0.4, 0.5) is 5.69 Å². The van der Waals surface area contributed by atoms with Crippen molar-refractivity contribution in [2.75, 3.05) is 18.0 Å². The van der Waals surface area contributed by atoms with E-state index in [1.165, 1.54) is 0 Å². The Balaban J connectivity index is 1.75. The largest absolute Gasteiger partial charge is 0.386 e. The topological polar surface area (TPSA) is 67.1 Å². The summed E-state index contributed by atoms with van der Waals surface area (Å²) in [6, 6.07) is 1.86. The summed E-state index contributed by atoms with van der Waals surface area (Å²) in [6.07, 6.45) is 7.35. The van der Waals surface area contributed by atoms with Crippen LogP contribution in [-0.2, 0) is 6.54 Å². The zero-order chi connectivity index (χ0) is 13.3. The van der Waals surface area contributed by atoms with Crippen LogP contribution < -0.4 is 4.90 Å². The van der Waals surface area contributed by atoms with Gasteiger partial charge in [-0.05, 0) is 12.5 Å². The molecule has 3 rings (SSSR count). The minimum Gasteiger partial charge on any atom is -0.386 e. The van der Waals surface area contributed by atoms with Crippen LogP contribution in [0.3, 0.4) is 0 Å². The smallest absolute Gasteiger partial charge is 0.103 e. The quantitative estimate of drug-likeness (QED) is 0.907. The molecule has 0 bridgehead atoms. The van der Waals surface area contributed by atoms with Crippen molar-refractivity contribution in [2.24, 2.45) is 0 Å². The van der Waals surface area contributed by atoms with Gasteiger partial charge in [-0.3, -0.25) is 4.98 Å². The third-order valence-electron chi connectivity index (χ3n) is 3.35. The molecule has 0 aliphatic carbocycles. The molecular weight excluding hydrogens is 266 g/mol. The summed E-state index contributed by atoms with van der Waals surface area (Å²) >= 11 is 6.13. The number of nitrogens with zero attached hydrogens (tertiary/aromatic N) is 5. The summed E-state index contributed by atoms with van der Waals surface area (Å²) in [7, 11) is 0. The van der Waals surface area contributed by atoms with Crippen molar-refractivity contribution < 1.29 is 5.11 Å². The van der Waals surface area contributed by atoms with Crippen LogP contribution in [0, 0.1) is 0 Å². The van der Waals surface area contributed by atoms with Gasteiger partial charge in [-0.15, -0.1) is 5.10 Å². The Kier molecular flexibility index (Phi) is 3.12. The maximum absolute atomic E-state index is 10.6. The van der Waals surface area contributed by atoms with Crippen molar-refractivity contribution in [3.05, 3.63) is 35.9 Å². The molecule has 1 aliphatic heterocycles. The number of halogens is 1. The Morgan fingerprint density at radius 3 is 3.05 bits per heavy atom. The minimum absolute atomic E-state index is 0.437. The lowest BCUT2D eigenvalue weighted by Crippen LogP contribution is -2.37. The van der Waals surface area contributed by atoms with Gasteiger partial charge in [0.2, 0.25) is 0 Å². The predicted molar refractivity (Wildman–Crippen MR) is 71.0 cm³/mol. The minimum atomic E-state index is -0.805. The summed E-state index contributed by atoms with van der Waals surface area (Å²) in [5.74, 6) is 0. The van der Waals surface area contributed by atoms with E-state index in [1.807, 2.05) is 6.07 Å². The molecule has 1 aliphatic rings. The van der Waals surface area contributed by atoms with E-state index in [0.29, 0.717) is 24.5 Å².